The van der Waals surface area contributed by atoms with Crippen LogP contribution in [-0.4, -0.2) is 18.8 Å². The van der Waals surface area contributed by atoms with Crippen LogP contribution < -0.4 is 0 Å². The summed E-state index contributed by atoms with van der Waals surface area (Å²) in [5.74, 6) is -0.375. The summed E-state index contributed by atoms with van der Waals surface area (Å²) < 4.78 is 5.86. The summed E-state index contributed by atoms with van der Waals surface area (Å²) in [6.45, 7) is 3.47. The van der Waals surface area contributed by atoms with E-state index in [1.54, 1.807) is 7.11 Å². The number of benzene rings is 1. The fourth-order valence-electron chi connectivity index (χ4n) is 2.83. The molecular formula is C16H21NO3. The van der Waals surface area contributed by atoms with E-state index in [1.807, 2.05) is 12.1 Å². The lowest BCUT2D eigenvalue weighted by Gasteiger charge is -2.37. The van der Waals surface area contributed by atoms with Gasteiger partial charge >= 0.3 is 5.97 Å². The third-order valence-electron chi connectivity index (χ3n) is 3.96. The zero-order valence-corrected chi connectivity index (χ0v) is 12.3. The predicted molar refractivity (Wildman–Crippen MR) is 77.5 cm³/mol. The maximum Gasteiger partial charge on any atom is 0.331 e. The van der Waals surface area contributed by atoms with Crippen molar-refractivity contribution in [3.63, 3.8) is 0 Å². The summed E-state index contributed by atoms with van der Waals surface area (Å²) in [5, 5.41) is 3.91. The summed E-state index contributed by atoms with van der Waals surface area (Å²) >= 11 is 0. The van der Waals surface area contributed by atoms with Gasteiger partial charge in [0.2, 0.25) is 0 Å². The molecule has 0 unspecified atom stereocenters. The maximum absolute atomic E-state index is 10.8. The molecule has 0 spiro atoms. The topological polar surface area (TPSA) is 47.9 Å². The van der Waals surface area contributed by atoms with E-state index in [1.165, 1.54) is 18.1 Å². The van der Waals surface area contributed by atoms with E-state index < -0.39 is 0 Å². The van der Waals surface area contributed by atoms with Crippen molar-refractivity contribution in [3.8, 4) is 0 Å². The first-order valence-corrected chi connectivity index (χ1v) is 6.92. The van der Waals surface area contributed by atoms with Gasteiger partial charge in [0, 0.05) is 14.0 Å². The lowest BCUT2D eigenvalue weighted by atomic mass is 9.77. The maximum atomic E-state index is 10.8. The van der Waals surface area contributed by atoms with Crippen molar-refractivity contribution < 1.29 is 14.4 Å². The molecule has 1 fully saturated rings. The Kier molecular flexibility index (Phi) is 4.55. The highest BCUT2D eigenvalue weighted by Crippen LogP contribution is 2.40. The Hall–Kier alpha value is -1.68. The van der Waals surface area contributed by atoms with Gasteiger partial charge in [-0.25, -0.2) is 4.79 Å². The number of aryl methyl sites for hydroxylation is 1. The van der Waals surface area contributed by atoms with E-state index in [9.17, 15) is 4.79 Å². The number of carbonyl (C=O) groups is 1. The van der Waals surface area contributed by atoms with E-state index >= 15 is 0 Å². The Morgan fingerprint density at radius 3 is 2.45 bits per heavy atom. The average molecular weight is 275 g/mol. The first-order chi connectivity index (χ1) is 9.57. The summed E-state index contributed by atoms with van der Waals surface area (Å²) in [7, 11) is 1.76. The number of nitrogens with zero attached hydrogens (tertiary/aromatic N) is 1. The zero-order valence-electron chi connectivity index (χ0n) is 12.3. The fourth-order valence-corrected chi connectivity index (χ4v) is 2.83. The number of ether oxygens (including phenoxy) is 1. The molecule has 0 heterocycles. The van der Waals surface area contributed by atoms with Gasteiger partial charge in [0.15, 0.2) is 0 Å². The Labute approximate surface area is 119 Å². The molecule has 2 rings (SSSR count). The second-order valence-corrected chi connectivity index (χ2v) is 5.25. The van der Waals surface area contributed by atoms with Gasteiger partial charge in [-0.2, -0.15) is 0 Å². The van der Waals surface area contributed by atoms with Crippen LogP contribution >= 0.6 is 0 Å². The first-order valence-electron chi connectivity index (χ1n) is 6.92. The second-order valence-electron chi connectivity index (χ2n) is 5.25. The molecule has 0 bridgehead atoms. The molecule has 1 saturated carbocycles. The van der Waals surface area contributed by atoms with E-state index in [4.69, 9.17) is 9.57 Å². The van der Waals surface area contributed by atoms with Gasteiger partial charge in [-0.1, -0.05) is 29.4 Å². The van der Waals surface area contributed by atoms with Crippen LogP contribution in [0.3, 0.4) is 0 Å². The van der Waals surface area contributed by atoms with Gasteiger partial charge in [-0.15, -0.1) is 0 Å². The quantitative estimate of drug-likeness (QED) is 0.628. The highest BCUT2D eigenvalue weighted by Gasteiger charge is 2.36. The van der Waals surface area contributed by atoms with Crippen molar-refractivity contribution in [2.24, 2.45) is 5.16 Å². The minimum atomic E-state index is -0.375. The fraction of sp³-hybridized carbons (Fsp3) is 0.500. The first kappa shape index (κ1) is 14.7. The monoisotopic (exact) mass is 275 g/mol. The Morgan fingerprint density at radius 2 is 1.90 bits per heavy atom. The summed E-state index contributed by atoms with van der Waals surface area (Å²) in [6, 6.07) is 8.33. The van der Waals surface area contributed by atoms with Crippen molar-refractivity contribution in [2.45, 2.75) is 45.1 Å². The number of rotatable bonds is 3. The molecule has 4 nitrogen and oxygen atoms in total. The molecule has 20 heavy (non-hydrogen) atoms. The number of oxime groups is 1. The number of hydrogen-bond acceptors (Lipinski definition) is 4. The van der Waals surface area contributed by atoms with Gasteiger partial charge in [0.1, 0.15) is 0 Å². The predicted octanol–water partition coefficient (Wildman–Crippen LogP) is 3.33. The van der Waals surface area contributed by atoms with Crippen molar-refractivity contribution >= 4 is 11.7 Å². The molecule has 0 amide bonds. The van der Waals surface area contributed by atoms with Gasteiger partial charge < -0.3 is 9.57 Å². The van der Waals surface area contributed by atoms with E-state index in [-0.39, 0.29) is 11.6 Å². The molecule has 1 aromatic rings. The van der Waals surface area contributed by atoms with Crippen molar-refractivity contribution in [1.29, 1.82) is 0 Å². The lowest BCUT2D eigenvalue weighted by Crippen LogP contribution is -2.34. The van der Waals surface area contributed by atoms with Crippen LogP contribution in [0.2, 0.25) is 0 Å². The largest absolute Gasteiger partial charge is 0.373 e. The molecule has 0 N–H and O–H groups in total. The summed E-state index contributed by atoms with van der Waals surface area (Å²) in [6.07, 6.45) is 3.29. The summed E-state index contributed by atoms with van der Waals surface area (Å²) in [5.41, 5.74) is 3.17. The molecule has 0 aromatic heterocycles. The van der Waals surface area contributed by atoms with Gasteiger partial charge in [0.05, 0.1) is 11.3 Å². The molecule has 0 aliphatic heterocycles. The van der Waals surface area contributed by atoms with Gasteiger partial charge in [-0.05, 0) is 43.7 Å². The summed E-state index contributed by atoms with van der Waals surface area (Å²) in [4.78, 5) is 15.5. The normalized spacial score (nSPS) is 22.4. The molecule has 1 aliphatic carbocycles. The number of hydrogen-bond donors (Lipinski definition) is 0. The standard InChI is InChI=1S/C16H21NO3/c1-12-6-4-5-7-15(12)16(19-3)10-8-14(9-11-16)17-20-13(2)18/h4-7H,8-11H2,1-3H3. The van der Waals surface area contributed by atoms with E-state index in [2.05, 4.69) is 24.2 Å². The van der Waals surface area contributed by atoms with Crippen LogP contribution in [0.4, 0.5) is 0 Å². The number of methoxy groups -OCH3 is 1. The lowest BCUT2D eigenvalue weighted by molar-refractivity contribution is -0.141. The van der Waals surface area contributed by atoms with Crippen LogP contribution in [0.15, 0.2) is 29.4 Å². The van der Waals surface area contributed by atoms with Crippen molar-refractivity contribution in [3.05, 3.63) is 35.4 Å². The second kappa shape index (κ2) is 6.18. The van der Waals surface area contributed by atoms with Crippen LogP contribution in [0.5, 0.6) is 0 Å². The molecule has 108 valence electrons. The van der Waals surface area contributed by atoms with E-state index in [0.29, 0.717) is 0 Å². The van der Waals surface area contributed by atoms with Crippen LogP contribution in [0.1, 0.15) is 43.7 Å². The van der Waals surface area contributed by atoms with E-state index in [0.717, 1.165) is 31.4 Å². The van der Waals surface area contributed by atoms with Gasteiger partial charge in [0.25, 0.3) is 0 Å². The Bertz CT molecular complexity index is 512. The molecule has 0 atom stereocenters. The molecule has 1 aliphatic rings. The smallest absolute Gasteiger partial charge is 0.331 e. The zero-order chi connectivity index (χ0) is 14.6. The van der Waals surface area contributed by atoms with Crippen LogP contribution in [0, 0.1) is 6.92 Å². The van der Waals surface area contributed by atoms with Crippen molar-refractivity contribution in [2.75, 3.05) is 7.11 Å². The third-order valence-corrected chi connectivity index (χ3v) is 3.96. The molecular weight excluding hydrogens is 254 g/mol. The molecule has 1 aromatic carbocycles. The minimum absolute atomic E-state index is 0.249. The van der Waals surface area contributed by atoms with Gasteiger partial charge in [-0.3, -0.25) is 0 Å². The molecule has 4 heteroatoms. The molecule has 0 saturated heterocycles. The Balaban J connectivity index is 2.15. The van der Waals surface area contributed by atoms with Crippen LogP contribution in [0.25, 0.3) is 0 Å². The SMILES string of the molecule is COC1(c2ccccc2C)CCC(=NOC(C)=O)CC1. The van der Waals surface area contributed by atoms with Crippen LogP contribution in [-0.2, 0) is 20.0 Å². The minimum Gasteiger partial charge on any atom is -0.373 e. The average Bonchev–Trinajstić information content (AvgIpc) is 2.46. The highest BCUT2D eigenvalue weighted by molar-refractivity contribution is 5.85. The van der Waals surface area contributed by atoms with Crippen molar-refractivity contribution in [1.82, 2.24) is 0 Å². The third kappa shape index (κ3) is 3.07. The highest BCUT2D eigenvalue weighted by atomic mass is 16.7. The number of carbonyl (C=O) groups excluding carboxylic acids is 1. The molecule has 0 radical (unpaired) electrons. The Morgan fingerprint density at radius 1 is 1.25 bits per heavy atom.